The Morgan fingerprint density at radius 3 is 2.06 bits per heavy atom. The summed E-state index contributed by atoms with van der Waals surface area (Å²) in [6.45, 7) is 13.8. The Bertz CT molecular complexity index is 645. The molecule has 0 N–H and O–H groups in total. The second kappa shape index (κ2) is 16.4. The molecule has 2 heterocycles. The van der Waals surface area contributed by atoms with E-state index in [0.717, 1.165) is 69.2 Å². The Hall–Kier alpha value is -1.28. The summed E-state index contributed by atoms with van der Waals surface area (Å²) in [5.74, 6) is 0. The zero-order valence-corrected chi connectivity index (χ0v) is 21.5. The molecule has 190 valence electrons. The number of aromatic nitrogens is 2. The molecule has 4 atom stereocenters. The van der Waals surface area contributed by atoms with Crippen LogP contribution in [0.2, 0.25) is 0 Å². The van der Waals surface area contributed by atoms with Crippen LogP contribution < -0.4 is 4.74 Å². The molecule has 1 aliphatic rings. The van der Waals surface area contributed by atoms with Crippen LogP contribution in [-0.2, 0) is 18.9 Å². The molecule has 1 aliphatic heterocycles. The van der Waals surface area contributed by atoms with E-state index < -0.39 is 0 Å². The van der Waals surface area contributed by atoms with E-state index in [-0.39, 0.29) is 24.4 Å². The molecule has 1 saturated heterocycles. The molecule has 0 amide bonds. The first-order valence-electron chi connectivity index (χ1n) is 13.1. The van der Waals surface area contributed by atoms with Crippen molar-refractivity contribution in [2.75, 3.05) is 33.0 Å². The molecule has 33 heavy (non-hydrogen) atoms. The standard InChI is InChI=1S/C26H46N2O5/c1-6-10-14-29-19-22-24(30-15-11-7-2)25(31-16-12-8-3)23(33-22)21-18-27-26(28-20(21)5)32-17-13-9-4/h18,22-25H,6-17,19H2,1-5H3/t22-,23+,24?,25-/m1/s1. The van der Waals surface area contributed by atoms with Crippen LogP contribution in [0.15, 0.2) is 6.20 Å². The normalized spacial score (nSPS) is 22.7. The molecule has 0 radical (unpaired) electrons. The zero-order chi connectivity index (χ0) is 23.9. The monoisotopic (exact) mass is 466 g/mol. The van der Waals surface area contributed by atoms with Gasteiger partial charge in [0, 0.05) is 31.6 Å². The van der Waals surface area contributed by atoms with Crippen LogP contribution in [0.3, 0.4) is 0 Å². The lowest BCUT2D eigenvalue weighted by Gasteiger charge is -2.25. The van der Waals surface area contributed by atoms with Crippen molar-refractivity contribution >= 4 is 0 Å². The van der Waals surface area contributed by atoms with Crippen LogP contribution in [0.1, 0.15) is 96.4 Å². The Kier molecular flexibility index (Phi) is 13.9. The van der Waals surface area contributed by atoms with Crippen molar-refractivity contribution in [1.29, 1.82) is 0 Å². The van der Waals surface area contributed by atoms with Crippen molar-refractivity contribution in [2.45, 2.75) is 110 Å². The maximum absolute atomic E-state index is 6.54. The van der Waals surface area contributed by atoms with E-state index in [0.29, 0.717) is 32.4 Å². The summed E-state index contributed by atoms with van der Waals surface area (Å²) in [5, 5.41) is 0. The second-order valence-corrected chi connectivity index (χ2v) is 8.80. The van der Waals surface area contributed by atoms with Gasteiger partial charge in [0.2, 0.25) is 0 Å². The smallest absolute Gasteiger partial charge is 0.316 e. The molecule has 0 aliphatic carbocycles. The van der Waals surface area contributed by atoms with E-state index in [9.17, 15) is 0 Å². The van der Waals surface area contributed by atoms with Gasteiger partial charge in [0.25, 0.3) is 0 Å². The quantitative estimate of drug-likeness (QED) is 0.261. The molecule has 1 fully saturated rings. The number of hydrogen-bond acceptors (Lipinski definition) is 7. The SMILES string of the molecule is CCCCOC[C@H]1O[C@@H](c2cnc(OCCCC)nc2C)[C@@H](OCCCC)C1OCCCC. The third-order valence-electron chi connectivity index (χ3n) is 5.88. The molecule has 1 unspecified atom stereocenters. The van der Waals surface area contributed by atoms with E-state index in [1.54, 1.807) is 0 Å². The second-order valence-electron chi connectivity index (χ2n) is 8.80. The fourth-order valence-electron chi connectivity index (χ4n) is 3.78. The van der Waals surface area contributed by atoms with Gasteiger partial charge >= 0.3 is 6.01 Å². The van der Waals surface area contributed by atoms with Gasteiger partial charge in [-0.1, -0.05) is 53.4 Å². The Morgan fingerprint density at radius 2 is 1.42 bits per heavy atom. The van der Waals surface area contributed by atoms with Crippen molar-refractivity contribution in [3.05, 3.63) is 17.5 Å². The lowest BCUT2D eigenvalue weighted by molar-refractivity contribution is -0.0795. The molecule has 2 rings (SSSR count). The van der Waals surface area contributed by atoms with E-state index in [4.69, 9.17) is 23.7 Å². The minimum Gasteiger partial charge on any atom is -0.463 e. The molecule has 0 aromatic carbocycles. The molecule has 0 bridgehead atoms. The fourth-order valence-corrected chi connectivity index (χ4v) is 3.78. The van der Waals surface area contributed by atoms with Crippen molar-refractivity contribution < 1.29 is 23.7 Å². The predicted molar refractivity (Wildman–Crippen MR) is 130 cm³/mol. The van der Waals surface area contributed by atoms with Gasteiger partial charge in [-0.2, -0.15) is 0 Å². The van der Waals surface area contributed by atoms with Gasteiger partial charge < -0.3 is 23.7 Å². The molecule has 0 saturated carbocycles. The van der Waals surface area contributed by atoms with Crippen molar-refractivity contribution in [2.24, 2.45) is 0 Å². The lowest BCUT2D eigenvalue weighted by atomic mass is 10.0. The first-order valence-corrected chi connectivity index (χ1v) is 13.1. The van der Waals surface area contributed by atoms with Crippen LogP contribution in [0.4, 0.5) is 0 Å². The van der Waals surface area contributed by atoms with E-state index >= 15 is 0 Å². The molecule has 1 aromatic rings. The number of ether oxygens (including phenoxy) is 5. The van der Waals surface area contributed by atoms with Crippen molar-refractivity contribution in [1.82, 2.24) is 9.97 Å². The van der Waals surface area contributed by atoms with Gasteiger partial charge in [0.1, 0.15) is 24.4 Å². The Morgan fingerprint density at radius 1 is 0.818 bits per heavy atom. The topological polar surface area (TPSA) is 71.9 Å². The summed E-state index contributed by atoms with van der Waals surface area (Å²) in [7, 11) is 0. The number of hydrogen-bond donors (Lipinski definition) is 0. The maximum atomic E-state index is 6.54. The lowest BCUT2D eigenvalue weighted by Crippen LogP contribution is -2.38. The molecule has 7 heteroatoms. The maximum Gasteiger partial charge on any atom is 0.316 e. The molecular weight excluding hydrogens is 420 g/mol. The number of unbranched alkanes of at least 4 members (excludes halogenated alkanes) is 4. The third-order valence-corrected chi connectivity index (χ3v) is 5.88. The first kappa shape index (κ1) is 28.0. The van der Waals surface area contributed by atoms with Gasteiger partial charge in [0.15, 0.2) is 0 Å². The molecule has 7 nitrogen and oxygen atoms in total. The zero-order valence-electron chi connectivity index (χ0n) is 21.5. The fraction of sp³-hybridized carbons (Fsp3) is 0.846. The van der Waals surface area contributed by atoms with Gasteiger partial charge in [-0.15, -0.1) is 0 Å². The summed E-state index contributed by atoms with van der Waals surface area (Å²) in [5.41, 5.74) is 1.78. The highest BCUT2D eigenvalue weighted by Gasteiger charge is 2.47. The highest BCUT2D eigenvalue weighted by atomic mass is 16.6. The van der Waals surface area contributed by atoms with Crippen molar-refractivity contribution in [3.8, 4) is 6.01 Å². The van der Waals surface area contributed by atoms with E-state index in [1.807, 2.05) is 13.1 Å². The molecule has 0 spiro atoms. The number of aryl methyl sites for hydroxylation is 1. The Balaban J connectivity index is 2.20. The first-order chi connectivity index (χ1) is 16.2. The van der Waals surface area contributed by atoms with Crippen LogP contribution >= 0.6 is 0 Å². The number of nitrogens with zero attached hydrogens (tertiary/aromatic N) is 2. The molecule has 1 aromatic heterocycles. The Labute approximate surface area is 200 Å². The predicted octanol–water partition coefficient (Wildman–Crippen LogP) is 5.59. The van der Waals surface area contributed by atoms with E-state index in [1.165, 1.54) is 0 Å². The molecular formula is C26H46N2O5. The third kappa shape index (κ3) is 9.12. The van der Waals surface area contributed by atoms with Crippen LogP contribution in [0, 0.1) is 6.92 Å². The highest BCUT2D eigenvalue weighted by Crippen LogP contribution is 2.38. The summed E-state index contributed by atoms with van der Waals surface area (Å²) < 4.78 is 30.9. The van der Waals surface area contributed by atoms with Crippen LogP contribution in [-0.4, -0.2) is 61.3 Å². The summed E-state index contributed by atoms with van der Waals surface area (Å²) >= 11 is 0. The summed E-state index contributed by atoms with van der Waals surface area (Å²) in [6, 6.07) is 0.418. The van der Waals surface area contributed by atoms with Crippen molar-refractivity contribution in [3.63, 3.8) is 0 Å². The minimum absolute atomic E-state index is 0.181. The number of rotatable bonds is 18. The van der Waals surface area contributed by atoms with Gasteiger partial charge in [-0.05, 0) is 32.6 Å². The van der Waals surface area contributed by atoms with Crippen LogP contribution in [0.5, 0.6) is 6.01 Å². The summed E-state index contributed by atoms with van der Waals surface area (Å²) in [4.78, 5) is 9.05. The average Bonchev–Trinajstić information content (AvgIpc) is 3.14. The largest absolute Gasteiger partial charge is 0.463 e. The highest BCUT2D eigenvalue weighted by molar-refractivity contribution is 5.24. The summed E-state index contributed by atoms with van der Waals surface area (Å²) in [6.07, 6.45) is 9.34. The van der Waals surface area contributed by atoms with Crippen LogP contribution in [0.25, 0.3) is 0 Å². The van der Waals surface area contributed by atoms with E-state index in [2.05, 4.69) is 37.7 Å². The van der Waals surface area contributed by atoms with Gasteiger partial charge in [-0.3, -0.25) is 0 Å². The van der Waals surface area contributed by atoms with Gasteiger partial charge in [-0.25, -0.2) is 9.97 Å². The average molecular weight is 467 g/mol. The minimum atomic E-state index is -0.294. The van der Waals surface area contributed by atoms with Gasteiger partial charge in [0.05, 0.1) is 18.9 Å².